The molecule has 3 amide bonds. The fraction of sp³-hybridized carbons (Fsp3) is 0.350. The number of methoxy groups -OCH3 is 1. The van der Waals surface area contributed by atoms with Crippen LogP contribution in [0.15, 0.2) is 30.3 Å². The zero-order valence-corrected chi connectivity index (χ0v) is 16.7. The smallest absolute Gasteiger partial charge is 0.279 e. The van der Waals surface area contributed by atoms with Gasteiger partial charge in [0.25, 0.3) is 17.7 Å². The highest BCUT2D eigenvalue weighted by molar-refractivity contribution is 7.14. The molecule has 0 saturated carbocycles. The molecule has 3 rings (SSSR count). The first kappa shape index (κ1) is 19.9. The van der Waals surface area contributed by atoms with Crippen LogP contribution in [0.3, 0.4) is 0 Å². The van der Waals surface area contributed by atoms with Gasteiger partial charge in [-0.3, -0.25) is 25.2 Å². The van der Waals surface area contributed by atoms with E-state index in [0.29, 0.717) is 22.1 Å². The molecule has 0 aliphatic heterocycles. The standard InChI is InChI=1S/C20H23N3O4S/c1-12-6-7-16-14(8-12)10-17(28-16)20(26)23-22-18(24)11-21-19(25)13-4-3-5-15(9-13)27-2/h3-5,9-10,12H,6-8,11H2,1-2H3,(H,21,25)(H,22,24)(H,23,26)/t12-/m0/s1. The molecule has 1 atom stereocenters. The van der Waals surface area contributed by atoms with E-state index in [1.54, 1.807) is 24.3 Å². The largest absolute Gasteiger partial charge is 0.497 e. The Kier molecular flexibility index (Phi) is 6.30. The summed E-state index contributed by atoms with van der Waals surface area (Å²) >= 11 is 1.47. The molecule has 1 heterocycles. The second-order valence-corrected chi connectivity index (χ2v) is 7.96. The average Bonchev–Trinajstić information content (AvgIpc) is 3.13. The van der Waals surface area contributed by atoms with Crippen LogP contribution in [0.2, 0.25) is 0 Å². The fourth-order valence-electron chi connectivity index (χ4n) is 3.08. The predicted molar refractivity (Wildman–Crippen MR) is 106 cm³/mol. The first-order valence-corrected chi connectivity index (χ1v) is 9.91. The minimum atomic E-state index is -0.514. The fourth-order valence-corrected chi connectivity index (χ4v) is 4.18. The second kappa shape index (κ2) is 8.88. The van der Waals surface area contributed by atoms with E-state index in [0.717, 1.165) is 19.3 Å². The van der Waals surface area contributed by atoms with Crippen molar-refractivity contribution < 1.29 is 19.1 Å². The quantitative estimate of drug-likeness (QED) is 0.669. The molecule has 0 radical (unpaired) electrons. The second-order valence-electron chi connectivity index (χ2n) is 6.82. The summed E-state index contributed by atoms with van der Waals surface area (Å²) in [7, 11) is 1.51. The maximum Gasteiger partial charge on any atom is 0.279 e. The number of hydrogen-bond donors (Lipinski definition) is 3. The lowest BCUT2D eigenvalue weighted by atomic mass is 9.90. The van der Waals surface area contributed by atoms with E-state index < -0.39 is 11.8 Å². The van der Waals surface area contributed by atoms with Gasteiger partial charge in [0.1, 0.15) is 5.75 Å². The lowest BCUT2D eigenvalue weighted by Crippen LogP contribution is -2.46. The number of hydrogen-bond acceptors (Lipinski definition) is 5. The number of amides is 3. The van der Waals surface area contributed by atoms with Crippen LogP contribution in [-0.2, 0) is 17.6 Å². The highest BCUT2D eigenvalue weighted by Crippen LogP contribution is 2.32. The molecular weight excluding hydrogens is 378 g/mol. The first-order chi connectivity index (χ1) is 13.5. The summed E-state index contributed by atoms with van der Waals surface area (Å²) in [5.41, 5.74) is 6.34. The normalized spacial score (nSPS) is 15.3. The molecule has 0 spiro atoms. The highest BCUT2D eigenvalue weighted by atomic mass is 32.1. The minimum Gasteiger partial charge on any atom is -0.497 e. The zero-order chi connectivity index (χ0) is 20.1. The summed E-state index contributed by atoms with van der Waals surface area (Å²) in [5.74, 6) is -0.0807. The number of hydrazine groups is 1. The Hall–Kier alpha value is -2.87. The summed E-state index contributed by atoms with van der Waals surface area (Å²) in [6, 6.07) is 8.52. The number of fused-ring (bicyclic) bond motifs is 1. The maximum absolute atomic E-state index is 12.3. The van der Waals surface area contributed by atoms with Gasteiger partial charge in [-0.1, -0.05) is 13.0 Å². The molecule has 0 fully saturated rings. The van der Waals surface area contributed by atoms with Crippen molar-refractivity contribution in [2.45, 2.75) is 26.2 Å². The van der Waals surface area contributed by atoms with E-state index in [4.69, 9.17) is 4.74 Å². The SMILES string of the molecule is COc1cccc(C(=O)NCC(=O)NNC(=O)c2cc3c(s2)CC[C@H](C)C3)c1. The Balaban J connectivity index is 1.46. The molecule has 0 bridgehead atoms. The van der Waals surface area contributed by atoms with Gasteiger partial charge in [-0.25, -0.2) is 0 Å². The van der Waals surface area contributed by atoms with Crippen molar-refractivity contribution in [3.05, 3.63) is 51.2 Å². The average molecular weight is 401 g/mol. The molecule has 0 unspecified atom stereocenters. The van der Waals surface area contributed by atoms with Crippen molar-refractivity contribution in [1.82, 2.24) is 16.2 Å². The lowest BCUT2D eigenvalue weighted by molar-refractivity contribution is -0.120. The number of thiophene rings is 1. The van der Waals surface area contributed by atoms with Crippen LogP contribution in [0.25, 0.3) is 0 Å². The number of ether oxygens (including phenoxy) is 1. The number of aryl methyl sites for hydroxylation is 1. The molecule has 28 heavy (non-hydrogen) atoms. The third-order valence-electron chi connectivity index (χ3n) is 4.61. The van der Waals surface area contributed by atoms with Gasteiger partial charge in [0.05, 0.1) is 18.5 Å². The lowest BCUT2D eigenvalue weighted by Gasteiger charge is -2.16. The van der Waals surface area contributed by atoms with E-state index in [1.807, 2.05) is 6.07 Å². The summed E-state index contributed by atoms with van der Waals surface area (Å²) in [5, 5.41) is 2.50. The van der Waals surface area contributed by atoms with Crippen molar-refractivity contribution in [1.29, 1.82) is 0 Å². The number of nitrogens with one attached hydrogen (secondary N) is 3. The predicted octanol–water partition coefficient (Wildman–Crippen LogP) is 2.07. The Morgan fingerprint density at radius 3 is 2.79 bits per heavy atom. The molecule has 8 heteroatoms. The Bertz CT molecular complexity index is 893. The van der Waals surface area contributed by atoms with Gasteiger partial charge in [-0.2, -0.15) is 0 Å². The van der Waals surface area contributed by atoms with Crippen LogP contribution < -0.4 is 20.9 Å². The van der Waals surface area contributed by atoms with Gasteiger partial charge in [-0.05, 0) is 55.0 Å². The van der Waals surface area contributed by atoms with Crippen LogP contribution in [0.1, 0.15) is 43.8 Å². The van der Waals surface area contributed by atoms with Crippen LogP contribution >= 0.6 is 11.3 Å². The van der Waals surface area contributed by atoms with Gasteiger partial charge in [0, 0.05) is 10.4 Å². The molecule has 7 nitrogen and oxygen atoms in total. The molecule has 1 aliphatic rings. The molecule has 148 valence electrons. The van der Waals surface area contributed by atoms with E-state index >= 15 is 0 Å². The van der Waals surface area contributed by atoms with Crippen LogP contribution in [-0.4, -0.2) is 31.4 Å². The maximum atomic E-state index is 12.3. The van der Waals surface area contributed by atoms with Crippen LogP contribution in [0, 0.1) is 5.92 Å². The van der Waals surface area contributed by atoms with Gasteiger partial charge in [-0.15, -0.1) is 11.3 Å². The summed E-state index contributed by atoms with van der Waals surface area (Å²) < 4.78 is 5.07. The number of rotatable bonds is 5. The van der Waals surface area contributed by atoms with Crippen molar-refractivity contribution in [2.75, 3.05) is 13.7 Å². The van der Waals surface area contributed by atoms with E-state index in [1.165, 1.54) is 28.9 Å². The van der Waals surface area contributed by atoms with Gasteiger partial charge < -0.3 is 10.1 Å². The third kappa shape index (κ3) is 4.89. The van der Waals surface area contributed by atoms with Crippen molar-refractivity contribution in [3.63, 3.8) is 0 Å². The molecule has 1 aliphatic carbocycles. The third-order valence-corrected chi connectivity index (χ3v) is 5.85. The van der Waals surface area contributed by atoms with Crippen molar-refractivity contribution >= 4 is 29.1 Å². The monoisotopic (exact) mass is 401 g/mol. The first-order valence-electron chi connectivity index (χ1n) is 9.09. The summed E-state index contributed by atoms with van der Waals surface area (Å²) in [4.78, 5) is 38.1. The molecule has 3 N–H and O–H groups in total. The van der Waals surface area contributed by atoms with Crippen LogP contribution in [0.5, 0.6) is 5.75 Å². The number of carbonyl (C=O) groups is 3. The Morgan fingerprint density at radius 1 is 1.18 bits per heavy atom. The van der Waals surface area contributed by atoms with Crippen molar-refractivity contribution in [2.24, 2.45) is 5.92 Å². The molecule has 2 aromatic rings. The van der Waals surface area contributed by atoms with E-state index in [9.17, 15) is 14.4 Å². The molecule has 1 aromatic carbocycles. The summed E-state index contributed by atoms with van der Waals surface area (Å²) in [6.07, 6.45) is 3.12. The Labute approximate surface area is 167 Å². The van der Waals surface area contributed by atoms with E-state index in [2.05, 4.69) is 23.1 Å². The van der Waals surface area contributed by atoms with Gasteiger partial charge in [0.15, 0.2) is 0 Å². The zero-order valence-electron chi connectivity index (χ0n) is 15.8. The van der Waals surface area contributed by atoms with Gasteiger partial charge in [0.2, 0.25) is 0 Å². The van der Waals surface area contributed by atoms with Crippen molar-refractivity contribution in [3.8, 4) is 5.75 Å². The van der Waals surface area contributed by atoms with Gasteiger partial charge >= 0.3 is 0 Å². The number of carbonyl (C=O) groups excluding carboxylic acids is 3. The highest BCUT2D eigenvalue weighted by Gasteiger charge is 2.21. The number of benzene rings is 1. The molecule has 1 aromatic heterocycles. The molecule has 0 saturated heterocycles. The minimum absolute atomic E-state index is 0.255. The Morgan fingerprint density at radius 2 is 2.00 bits per heavy atom. The van der Waals surface area contributed by atoms with Crippen LogP contribution in [0.4, 0.5) is 0 Å². The topological polar surface area (TPSA) is 96.5 Å². The summed E-state index contributed by atoms with van der Waals surface area (Å²) in [6.45, 7) is 1.95. The molecular formula is C20H23N3O4S. The van der Waals surface area contributed by atoms with E-state index in [-0.39, 0.29) is 12.5 Å².